The molecule has 22 heavy (non-hydrogen) atoms. The lowest BCUT2D eigenvalue weighted by atomic mass is 9.69. The maximum absolute atomic E-state index is 13.1. The Hall–Kier alpha value is -0.280. The molecule has 4 aliphatic rings. The summed E-state index contributed by atoms with van der Waals surface area (Å²) in [4.78, 5) is 15.3. The van der Waals surface area contributed by atoms with Crippen LogP contribution in [-0.2, 0) is 4.79 Å². The number of fused-ring (bicyclic) bond motifs is 2. The second-order valence-electron chi connectivity index (χ2n) is 8.36. The first-order chi connectivity index (χ1) is 10.2. The van der Waals surface area contributed by atoms with Crippen molar-refractivity contribution in [2.75, 3.05) is 13.1 Å². The number of amides is 1. The van der Waals surface area contributed by atoms with E-state index in [1.165, 1.54) is 64.2 Å². The van der Waals surface area contributed by atoms with Crippen molar-refractivity contribution in [3.63, 3.8) is 0 Å². The molecule has 4 fully saturated rings. The molecule has 1 aliphatic heterocycles. The van der Waals surface area contributed by atoms with Crippen LogP contribution in [0.1, 0.15) is 64.2 Å². The smallest absolute Gasteiger partial charge is 0.227 e. The van der Waals surface area contributed by atoms with Gasteiger partial charge in [-0.2, -0.15) is 0 Å². The van der Waals surface area contributed by atoms with Gasteiger partial charge in [0.1, 0.15) is 0 Å². The lowest BCUT2D eigenvalue weighted by Crippen LogP contribution is -2.52. The lowest BCUT2D eigenvalue weighted by Gasteiger charge is -2.46. The van der Waals surface area contributed by atoms with Crippen molar-refractivity contribution >= 4 is 18.3 Å². The molecule has 3 saturated carbocycles. The maximum Gasteiger partial charge on any atom is 0.227 e. The normalized spacial score (nSPS) is 39.8. The molecule has 4 heteroatoms. The summed E-state index contributed by atoms with van der Waals surface area (Å²) in [6.45, 7) is 2.02. The molecule has 1 spiro atoms. The van der Waals surface area contributed by atoms with Crippen LogP contribution in [0.4, 0.5) is 0 Å². The van der Waals surface area contributed by atoms with E-state index in [1.54, 1.807) is 0 Å². The molecule has 0 aromatic rings. The zero-order valence-corrected chi connectivity index (χ0v) is 14.5. The molecule has 0 aromatic carbocycles. The molecule has 4 atom stereocenters. The Morgan fingerprint density at radius 3 is 2.36 bits per heavy atom. The van der Waals surface area contributed by atoms with Gasteiger partial charge in [-0.1, -0.05) is 19.3 Å². The summed E-state index contributed by atoms with van der Waals surface area (Å²) in [5.41, 5.74) is 6.86. The number of halogens is 1. The van der Waals surface area contributed by atoms with Crippen LogP contribution in [0.5, 0.6) is 0 Å². The van der Waals surface area contributed by atoms with Crippen molar-refractivity contribution in [3.05, 3.63) is 0 Å². The fourth-order valence-electron chi connectivity index (χ4n) is 6.02. The van der Waals surface area contributed by atoms with Crippen LogP contribution in [0.25, 0.3) is 0 Å². The number of carbonyl (C=O) groups excluding carboxylic acids is 1. The van der Waals surface area contributed by atoms with E-state index < -0.39 is 0 Å². The number of likely N-dealkylation sites (tertiary alicyclic amines) is 1. The molecule has 2 N–H and O–H groups in total. The summed E-state index contributed by atoms with van der Waals surface area (Å²) >= 11 is 0. The zero-order valence-electron chi connectivity index (χ0n) is 13.6. The molecular weight excluding hydrogens is 296 g/mol. The third-order valence-electron chi connectivity index (χ3n) is 7.15. The van der Waals surface area contributed by atoms with Gasteiger partial charge >= 0.3 is 0 Å². The third kappa shape index (κ3) is 2.69. The first-order valence-electron chi connectivity index (χ1n) is 9.23. The van der Waals surface area contributed by atoms with Crippen molar-refractivity contribution < 1.29 is 4.79 Å². The van der Waals surface area contributed by atoms with Gasteiger partial charge in [-0.25, -0.2) is 0 Å². The molecule has 0 radical (unpaired) electrons. The predicted molar refractivity (Wildman–Crippen MR) is 90.9 cm³/mol. The van der Waals surface area contributed by atoms with Gasteiger partial charge in [-0.05, 0) is 62.2 Å². The highest BCUT2D eigenvalue weighted by Gasteiger charge is 2.51. The first kappa shape index (κ1) is 16.6. The monoisotopic (exact) mass is 326 g/mol. The minimum Gasteiger partial charge on any atom is -0.342 e. The van der Waals surface area contributed by atoms with E-state index >= 15 is 0 Å². The highest BCUT2D eigenvalue weighted by molar-refractivity contribution is 5.85. The predicted octanol–water partition coefficient (Wildman–Crippen LogP) is 3.35. The van der Waals surface area contributed by atoms with E-state index in [0.717, 1.165) is 13.1 Å². The molecule has 1 amide bonds. The van der Waals surface area contributed by atoms with E-state index in [1.807, 2.05) is 0 Å². The maximum atomic E-state index is 13.1. The Balaban J connectivity index is 0.00000144. The lowest BCUT2D eigenvalue weighted by molar-refractivity contribution is -0.142. The number of carbonyl (C=O) groups is 1. The Labute approximate surface area is 140 Å². The zero-order chi connectivity index (χ0) is 14.4. The van der Waals surface area contributed by atoms with E-state index in [4.69, 9.17) is 5.73 Å². The second kappa shape index (κ2) is 6.32. The molecule has 2 bridgehead atoms. The molecule has 126 valence electrons. The van der Waals surface area contributed by atoms with Gasteiger partial charge in [-0.3, -0.25) is 4.79 Å². The fourth-order valence-corrected chi connectivity index (χ4v) is 6.02. The molecule has 0 aromatic heterocycles. The quantitative estimate of drug-likeness (QED) is 0.803. The van der Waals surface area contributed by atoms with Gasteiger partial charge in [0.2, 0.25) is 5.91 Å². The fraction of sp³-hybridized carbons (Fsp3) is 0.944. The van der Waals surface area contributed by atoms with Crippen LogP contribution in [0.15, 0.2) is 0 Å². The van der Waals surface area contributed by atoms with E-state index in [9.17, 15) is 4.79 Å². The van der Waals surface area contributed by atoms with Crippen LogP contribution in [0.3, 0.4) is 0 Å². The molecule has 1 saturated heterocycles. The van der Waals surface area contributed by atoms with Crippen LogP contribution in [0, 0.1) is 23.2 Å². The number of piperidine rings is 1. The van der Waals surface area contributed by atoms with E-state index in [0.29, 0.717) is 23.2 Å². The van der Waals surface area contributed by atoms with E-state index in [2.05, 4.69) is 4.90 Å². The summed E-state index contributed by atoms with van der Waals surface area (Å²) in [5, 5.41) is 0. The van der Waals surface area contributed by atoms with Gasteiger partial charge in [0.25, 0.3) is 0 Å². The Morgan fingerprint density at radius 1 is 1.00 bits per heavy atom. The largest absolute Gasteiger partial charge is 0.342 e. The minimum atomic E-state index is 0. The van der Waals surface area contributed by atoms with Crippen molar-refractivity contribution in [2.45, 2.75) is 70.3 Å². The van der Waals surface area contributed by atoms with Crippen LogP contribution in [-0.4, -0.2) is 29.9 Å². The molecule has 4 rings (SSSR count). The van der Waals surface area contributed by atoms with Crippen molar-refractivity contribution in [2.24, 2.45) is 28.9 Å². The van der Waals surface area contributed by atoms with Gasteiger partial charge in [0.15, 0.2) is 0 Å². The average Bonchev–Trinajstić information content (AvgIpc) is 3.08. The van der Waals surface area contributed by atoms with Crippen molar-refractivity contribution in [1.82, 2.24) is 4.90 Å². The minimum absolute atomic E-state index is 0. The number of hydrogen-bond donors (Lipinski definition) is 1. The highest BCUT2D eigenvalue weighted by atomic mass is 35.5. The Kier molecular flexibility index (Phi) is 4.76. The summed E-state index contributed by atoms with van der Waals surface area (Å²) in [5.74, 6) is 1.81. The Morgan fingerprint density at radius 2 is 1.68 bits per heavy atom. The van der Waals surface area contributed by atoms with Gasteiger partial charge in [-0.15, -0.1) is 12.4 Å². The third-order valence-corrected chi connectivity index (χ3v) is 7.15. The van der Waals surface area contributed by atoms with Crippen molar-refractivity contribution in [1.29, 1.82) is 0 Å². The standard InChI is InChI=1S/C18H30N2O.ClH/c19-16-14-6-5-13(11-14)15(16)17(21)20-10-4-9-18(12-20)7-2-1-3-8-18;/h13-16H,1-12,19H2;1H. The summed E-state index contributed by atoms with van der Waals surface area (Å²) in [6.07, 6.45) is 13.1. The van der Waals surface area contributed by atoms with Crippen LogP contribution in [0.2, 0.25) is 0 Å². The number of nitrogens with two attached hydrogens (primary N) is 1. The van der Waals surface area contributed by atoms with E-state index in [-0.39, 0.29) is 24.4 Å². The highest BCUT2D eigenvalue weighted by Crippen LogP contribution is 2.49. The van der Waals surface area contributed by atoms with Crippen LogP contribution >= 0.6 is 12.4 Å². The van der Waals surface area contributed by atoms with Crippen LogP contribution < -0.4 is 5.73 Å². The topological polar surface area (TPSA) is 46.3 Å². The average molecular weight is 327 g/mol. The summed E-state index contributed by atoms with van der Waals surface area (Å²) < 4.78 is 0. The SMILES string of the molecule is Cl.NC1C2CCC(C2)C1C(=O)N1CCCC2(CCCCC2)C1. The van der Waals surface area contributed by atoms with Gasteiger partial charge in [0, 0.05) is 19.1 Å². The molecular formula is C18H31ClN2O. The number of nitrogens with zero attached hydrogens (tertiary/aromatic N) is 1. The van der Waals surface area contributed by atoms with Gasteiger partial charge < -0.3 is 10.6 Å². The molecule has 3 aliphatic carbocycles. The number of hydrogen-bond acceptors (Lipinski definition) is 2. The van der Waals surface area contributed by atoms with Crippen molar-refractivity contribution in [3.8, 4) is 0 Å². The van der Waals surface area contributed by atoms with Gasteiger partial charge in [0.05, 0.1) is 5.92 Å². The molecule has 4 unspecified atom stereocenters. The summed E-state index contributed by atoms with van der Waals surface area (Å²) in [6, 6.07) is 0.153. The summed E-state index contributed by atoms with van der Waals surface area (Å²) in [7, 11) is 0. The Bertz CT molecular complexity index is 414. The molecule has 1 heterocycles. The molecule has 3 nitrogen and oxygen atoms in total. The number of rotatable bonds is 1. The second-order valence-corrected chi connectivity index (χ2v) is 8.36. The first-order valence-corrected chi connectivity index (χ1v) is 9.23.